The zero-order valence-electron chi connectivity index (χ0n) is 14.0. The van der Waals surface area contributed by atoms with Crippen molar-refractivity contribution < 1.29 is 9.53 Å². The summed E-state index contributed by atoms with van der Waals surface area (Å²) >= 11 is 2.59. The van der Waals surface area contributed by atoms with E-state index in [0.29, 0.717) is 28.5 Å². The summed E-state index contributed by atoms with van der Waals surface area (Å²) in [6.07, 6.45) is 0. The molecule has 0 aliphatic rings. The van der Waals surface area contributed by atoms with Gasteiger partial charge in [-0.1, -0.05) is 15.8 Å². The first-order valence-corrected chi connectivity index (χ1v) is 9.07. The second-order valence-corrected chi connectivity index (χ2v) is 7.30. The number of ether oxygens (including phenoxy) is 1. The van der Waals surface area contributed by atoms with Crippen molar-refractivity contribution in [2.75, 3.05) is 13.7 Å². The second-order valence-electron chi connectivity index (χ2n) is 5.54. The summed E-state index contributed by atoms with van der Waals surface area (Å²) in [7, 11) is 1.67. The van der Waals surface area contributed by atoms with Crippen LogP contribution in [-0.2, 0) is 11.3 Å². The largest absolute Gasteiger partial charge is 0.383 e. The minimum absolute atomic E-state index is 0.298. The topological polar surface area (TPSA) is 69.4 Å². The number of hydrogen-bond donors (Lipinski definition) is 0. The molecular weight excluding hydrogens is 344 g/mol. The summed E-state index contributed by atoms with van der Waals surface area (Å²) in [5, 5.41) is 3.88. The van der Waals surface area contributed by atoms with Crippen molar-refractivity contribution in [2.24, 2.45) is 4.99 Å². The number of nitrogens with zero attached hydrogens (tertiary/aromatic N) is 4. The minimum atomic E-state index is -0.298. The molecule has 3 aromatic rings. The molecule has 0 unspecified atom stereocenters. The van der Waals surface area contributed by atoms with Crippen LogP contribution in [0.15, 0.2) is 17.1 Å². The Kier molecular flexibility index (Phi) is 4.88. The average molecular weight is 362 g/mol. The molecule has 0 saturated carbocycles. The number of hydrogen-bond acceptors (Lipinski definition) is 6. The molecule has 3 rings (SSSR count). The number of thiazole rings is 1. The summed E-state index contributed by atoms with van der Waals surface area (Å²) in [5.74, 6) is -0.298. The van der Waals surface area contributed by atoms with Gasteiger partial charge in [0, 0.05) is 13.7 Å². The first kappa shape index (κ1) is 16.9. The summed E-state index contributed by atoms with van der Waals surface area (Å²) in [6, 6.07) is 4.28. The standard InChI is InChI=1S/C16H18N4O2S2/c1-9-7-12-13(8-10(9)2)23-16(20(12)5-6-22-4)17-15(21)14-11(3)18-19-24-14/h7-8H,5-6H2,1-4H3. The van der Waals surface area contributed by atoms with Gasteiger partial charge in [-0.15, -0.1) is 5.10 Å². The molecular formula is C16H18N4O2S2. The molecule has 2 heterocycles. The van der Waals surface area contributed by atoms with E-state index in [-0.39, 0.29) is 5.91 Å². The molecule has 1 amide bonds. The monoisotopic (exact) mass is 362 g/mol. The molecule has 1 aromatic carbocycles. The Morgan fingerprint density at radius 3 is 2.71 bits per heavy atom. The van der Waals surface area contributed by atoms with Crippen molar-refractivity contribution in [2.45, 2.75) is 27.3 Å². The van der Waals surface area contributed by atoms with E-state index in [1.54, 1.807) is 14.0 Å². The van der Waals surface area contributed by atoms with E-state index in [9.17, 15) is 4.79 Å². The summed E-state index contributed by atoms with van der Waals surface area (Å²) in [4.78, 5) is 17.9. The molecule has 126 valence electrons. The van der Waals surface area contributed by atoms with E-state index >= 15 is 0 Å². The fraction of sp³-hybridized carbons (Fsp3) is 0.375. The van der Waals surface area contributed by atoms with Crippen LogP contribution >= 0.6 is 22.9 Å². The summed E-state index contributed by atoms with van der Waals surface area (Å²) in [6.45, 7) is 7.14. The van der Waals surface area contributed by atoms with Crippen molar-refractivity contribution in [3.63, 3.8) is 0 Å². The number of methoxy groups -OCH3 is 1. The van der Waals surface area contributed by atoms with Gasteiger partial charge < -0.3 is 9.30 Å². The highest BCUT2D eigenvalue weighted by Gasteiger charge is 2.14. The van der Waals surface area contributed by atoms with Crippen LogP contribution in [-0.4, -0.2) is 33.8 Å². The van der Waals surface area contributed by atoms with Gasteiger partial charge in [-0.25, -0.2) is 0 Å². The molecule has 0 radical (unpaired) electrons. The van der Waals surface area contributed by atoms with Gasteiger partial charge in [0.25, 0.3) is 5.91 Å². The van der Waals surface area contributed by atoms with Crippen LogP contribution in [0.4, 0.5) is 0 Å². The predicted molar refractivity (Wildman–Crippen MR) is 95.7 cm³/mol. The van der Waals surface area contributed by atoms with Crippen molar-refractivity contribution in [1.82, 2.24) is 14.2 Å². The van der Waals surface area contributed by atoms with Crippen LogP contribution in [0, 0.1) is 20.8 Å². The number of amides is 1. The zero-order valence-corrected chi connectivity index (χ0v) is 15.6. The van der Waals surface area contributed by atoms with Gasteiger partial charge in [0.2, 0.25) is 0 Å². The molecule has 0 N–H and O–H groups in total. The number of aryl methyl sites for hydroxylation is 3. The van der Waals surface area contributed by atoms with Crippen LogP contribution < -0.4 is 4.80 Å². The van der Waals surface area contributed by atoms with E-state index < -0.39 is 0 Å². The maximum absolute atomic E-state index is 12.5. The molecule has 2 aromatic heterocycles. The first-order valence-electron chi connectivity index (χ1n) is 7.48. The Labute approximate surface area is 147 Å². The van der Waals surface area contributed by atoms with E-state index in [4.69, 9.17) is 4.74 Å². The molecule has 24 heavy (non-hydrogen) atoms. The third-order valence-electron chi connectivity index (χ3n) is 3.86. The molecule has 0 atom stereocenters. The molecule has 0 spiro atoms. The zero-order chi connectivity index (χ0) is 17.3. The smallest absolute Gasteiger partial charge is 0.293 e. The van der Waals surface area contributed by atoms with Crippen molar-refractivity contribution >= 4 is 39.0 Å². The van der Waals surface area contributed by atoms with Crippen LogP contribution in [0.2, 0.25) is 0 Å². The number of benzene rings is 1. The van der Waals surface area contributed by atoms with Crippen LogP contribution in [0.5, 0.6) is 0 Å². The predicted octanol–water partition coefficient (Wildman–Crippen LogP) is 2.87. The van der Waals surface area contributed by atoms with Crippen molar-refractivity contribution in [3.8, 4) is 0 Å². The van der Waals surface area contributed by atoms with E-state index in [1.165, 1.54) is 22.5 Å². The highest BCUT2D eigenvalue weighted by atomic mass is 32.1. The Balaban J connectivity index is 2.17. The number of aromatic nitrogens is 3. The van der Waals surface area contributed by atoms with Crippen LogP contribution in [0.25, 0.3) is 10.2 Å². The van der Waals surface area contributed by atoms with Crippen LogP contribution in [0.3, 0.4) is 0 Å². The third kappa shape index (κ3) is 3.17. The maximum atomic E-state index is 12.5. The Morgan fingerprint density at radius 2 is 2.04 bits per heavy atom. The lowest BCUT2D eigenvalue weighted by molar-refractivity contribution is 0.100. The second kappa shape index (κ2) is 6.92. The number of carbonyl (C=O) groups excluding carboxylic acids is 1. The Morgan fingerprint density at radius 1 is 1.29 bits per heavy atom. The highest BCUT2D eigenvalue weighted by Crippen LogP contribution is 2.22. The first-order chi connectivity index (χ1) is 11.5. The lowest BCUT2D eigenvalue weighted by atomic mass is 10.1. The lowest BCUT2D eigenvalue weighted by Gasteiger charge is -2.06. The van der Waals surface area contributed by atoms with Crippen molar-refractivity contribution in [1.29, 1.82) is 0 Å². The molecule has 0 saturated heterocycles. The number of fused-ring (bicyclic) bond motifs is 1. The Hall–Kier alpha value is -1.90. The molecule has 0 aliphatic heterocycles. The summed E-state index contributed by atoms with van der Waals surface area (Å²) < 4.78 is 12.2. The van der Waals surface area contributed by atoms with Gasteiger partial charge in [0.05, 0.1) is 22.5 Å². The molecule has 0 bridgehead atoms. The van der Waals surface area contributed by atoms with Crippen molar-refractivity contribution in [3.05, 3.63) is 38.6 Å². The minimum Gasteiger partial charge on any atom is -0.383 e. The van der Waals surface area contributed by atoms with Gasteiger partial charge >= 0.3 is 0 Å². The average Bonchev–Trinajstić information content (AvgIpc) is 3.10. The number of rotatable bonds is 4. The van der Waals surface area contributed by atoms with Crippen LogP contribution in [0.1, 0.15) is 26.5 Å². The van der Waals surface area contributed by atoms with Gasteiger partial charge in [0.1, 0.15) is 4.88 Å². The molecule has 0 aliphatic carbocycles. The van der Waals surface area contributed by atoms with Gasteiger partial charge in [-0.2, -0.15) is 4.99 Å². The molecule has 8 heteroatoms. The fourth-order valence-corrected chi connectivity index (χ4v) is 4.05. The fourth-order valence-electron chi connectivity index (χ4n) is 2.37. The SMILES string of the molecule is COCCn1c(=NC(=O)c2snnc2C)sc2cc(C)c(C)cc21. The van der Waals surface area contributed by atoms with Gasteiger partial charge in [-0.05, 0) is 55.6 Å². The molecule has 0 fully saturated rings. The number of carbonyl (C=O) groups is 1. The van der Waals surface area contributed by atoms with E-state index in [0.717, 1.165) is 21.7 Å². The quantitative estimate of drug-likeness (QED) is 0.716. The van der Waals surface area contributed by atoms with E-state index in [2.05, 4.69) is 40.6 Å². The Bertz CT molecular complexity index is 968. The molecule has 6 nitrogen and oxygen atoms in total. The lowest BCUT2D eigenvalue weighted by Crippen LogP contribution is -2.19. The normalized spacial score (nSPS) is 12.2. The van der Waals surface area contributed by atoms with Gasteiger partial charge in [-0.3, -0.25) is 4.79 Å². The maximum Gasteiger partial charge on any atom is 0.293 e. The highest BCUT2D eigenvalue weighted by molar-refractivity contribution is 7.16. The summed E-state index contributed by atoms with van der Waals surface area (Å²) in [5.41, 5.74) is 4.13. The van der Waals surface area contributed by atoms with Gasteiger partial charge in [0.15, 0.2) is 4.80 Å². The third-order valence-corrected chi connectivity index (χ3v) is 5.72. The van der Waals surface area contributed by atoms with E-state index in [1.807, 2.05) is 4.57 Å².